The second-order valence-electron chi connectivity index (χ2n) is 15.3. The van der Waals surface area contributed by atoms with E-state index in [4.69, 9.17) is 4.74 Å². The minimum absolute atomic E-state index is 0.00438. The van der Waals surface area contributed by atoms with E-state index < -0.39 is 21.3 Å². The number of likely N-dealkylation sites (N-methyl/N-ethyl adjacent to an activating group) is 1. The number of nitrogens with zero attached hydrogens (tertiary/aromatic N) is 4. The third-order valence-electron chi connectivity index (χ3n) is 11.4. The molecule has 0 radical (unpaired) electrons. The van der Waals surface area contributed by atoms with Crippen LogP contribution in [0.5, 0.6) is 0 Å². The highest BCUT2D eigenvalue weighted by atomic mass is 32.2. The van der Waals surface area contributed by atoms with Crippen LogP contribution in [0.15, 0.2) is 94.7 Å². The normalized spacial score (nSPS) is 20.8. The lowest BCUT2D eigenvalue weighted by molar-refractivity contribution is -0.111. The van der Waals surface area contributed by atoms with Crippen molar-refractivity contribution in [2.24, 2.45) is 17.8 Å². The number of nitriles is 1. The van der Waals surface area contributed by atoms with Crippen molar-refractivity contribution in [1.82, 2.24) is 15.1 Å². The fraction of sp³-hybridized carbons (Fsp3) is 0.452. The van der Waals surface area contributed by atoms with Crippen LogP contribution in [0.25, 0.3) is 0 Å². The number of anilines is 2. The molecular weight excluding hydrogens is 720 g/mol. The van der Waals surface area contributed by atoms with E-state index in [0.29, 0.717) is 23.7 Å². The Labute approximate surface area is 324 Å². The molecule has 0 aromatic heterocycles. The second kappa shape index (κ2) is 17.4. The molecule has 13 heteroatoms. The molecule has 2 saturated heterocycles. The molecule has 0 unspecified atom stereocenters. The van der Waals surface area contributed by atoms with Gasteiger partial charge in [-0.1, -0.05) is 30.7 Å². The summed E-state index contributed by atoms with van der Waals surface area (Å²) in [5.74, 6) is -0.404. The van der Waals surface area contributed by atoms with Gasteiger partial charge in [-0.3, -0.25) is 4.79 Å². The maximum absolute atomic E-state index is 14.6. The fourth-order valence-corrected chi connectivity index (χ4v) is 10.0. The van der Waals surface area contributed by atoms with Gasteiger partial charge in [0.05, 0.1) is 28.4 Å². The maximum Gasteiger partial charge on any atom is 0.407 e. The van der Waals surface area contributed by atoms with Crippen LogP contribution in [-0.2, 0) is 24.8 Å². The van der Waals surface area contributed by atoms with E-state index in [0.717, 1.165) is 70.5 Å². The molecule has 3 aromatic rings. The van der Waals surface area contributed by atoms with E-state index in [1.165, 1.54) is 37.5 Å². The van der Waals surface area contributed by atoms with Gasteiger partial charge in [-0.2, -0.15) is 5.26 Å². The number of halogens is 1. The van der Waals surface area contributed by atoms with Crippen molar-refractivity contribution in [3.8, 4) is 6.07 Å². The number of likely N-dealkylation sites (tertiary alicyclic amines) is 1. The van der Waals surface area contributed by atoms with Crippen LogP contribution in [0.2, 0.25) is 0 Å². The minimum atomic E-state index is -3.80. The zero-order chi connectivity index (χ0) is 39.2. The van der Waals surface area contributed by atoms with Gasteiger partial charge in [0.25, 0.3) is 0 Å². The fourth-order valence-electron chi connectivity index (χ4n) is 8.73. The Balaban J connectivity index is 1.04. The van der Waals surface area contributed by atoms with Gasteiger partial charge in [0.2, 0.25) is 15.7 Å². The SMILES string of the molecule is COC(=O)N[C@H]1CCC[C@@H]1[C@](C#N)(c1cccc(F)c1)C1CCN(CC2CN(c3ccc(S(=O)(=O)c4cccc(NC(=O)/C=C/CN(C)C)c4)cc3)C2)CC1. The Bertz CT molecular complexity index is 2000. The predicted molar refractivity (Wildman–Crippen MR) is 210 cm³/mol. The molecule has 3 aromatic carbocycles. The lowest BCUT2D eigenvalue weighted by Crippen LogP contribution is -2.55. The number of piperidine rings is 1. The number of ether oxygens (including phenoxy) is 1. The van der Waals surface area contributed by atoms with Crippen LogP contribution in [-0.4, -0.2) is 96.7 Å². The zero-order valence-electron chi connectivity index (χ0n) is 31.8. The number of nitrogens with one attached hydrogen (secondary N) is 2. The summed E-state index contributed by atoms with van der Waals surface area (Å²) in [4.78, 5) is 31.5. The third kappa shape index (κ3) is 9.04. The molecular formula is C42H51FN6O5S. The van der Waals surface area contributed by atoms with Gasteiger partial charge in [-0.15, -0.1) is 0 Å². The first-order valence-electron chi connectivity index (χ1n) is 19.0. The number of hydrogen-bond donors (Lipinski definition) is 2. The van der Waals surface area contributed by atoms with E-state index in [-0.39, 0.29) is 39.4 Å². The summed E-state index contributed by atoms with van der Waals surface area (Å²) in [5.41, 5.74) is 1.11. The summed E-state index contributed by atoms with van der Waals surface area (Å²) in [5, 5.41) is 16.7. The molecule has 3 fully saturated rings. The number of alkyl carbamates (subject to hydrolysis) is 1. The first-order chi connectivity index (χ1) is 26.4. The van der Waals surface area contributed by atoms with Crippen molar-refractivity contribution in [3.63, 3.8) is 0 Å². The molecule has 3 atom stereocenters. The summed E-state index contributed by atoms with van der Waals surface area (Å²) in [6.07, 6.45) is 6.63. The average Bonchev–Trinajstić information content (AvgIpc) is 3.62. The van der Waals surface area contributed by atoms with Crippen LogP contribution in [0, 0.1) is 34.9 Å². The standard InChI is InChI=1S/C42H51FN6O5S/c1-47(2)21-7-14-40(50)45-34-10-5-11-37(25-34)55(52,53)36-17-15-35(16-18-36)49-27-30(28-49)26-48-22-19-31(20-23-48)42(29-44,32-8-4-9-33(43)24-32)38-12-6-13-39(38)46-41(51)54-3/h4-5,7-11,14-18,24-25,30-31,38-39H,6,12-13,19-23,26-28H2,1-3H3,(H,45,50)(H,46,51)/b14-7+/t38-,39-,42-/m0/s1. The van der Waals surface area contributed by atoms with Gasteiger partial charge in [0.1, 0.15) is 5.82 Å². The average molecular weight is 771 g/mol. The number of amides is 2. The summed E-state index contributed by atoms with van der Waals surface area (Å²) in [6.45, 7) is 4.89. The van der Waals surface area contributed by atoms with Crippen LogP contribution < -0.4 is 15.5 Å². The number of carbonyl (C=O) groups excluding carboxylic acids is 2. The van der Waals surface area contributed by atoms with E-state index in [1.807, 2.05) is 37.2 Å². The smallest absolute Gasteiger partial charge is 0.407 e. The maximum atomic E-state index is 14.6. The summed E-state index contributed by atoms with van der Waals surface area (Å²) in [6, 6.07) is 22.1. The van der Waals surface area contributed by atoms with Crippen LogP contribution in [0.3, 0.4) is 0 Å². The molecule has 1 aliphatic carbocycles. The number of rotatable bonds is 13. The summed E-state index contributed by atoms with van der Waals surface area (Å²) < 4.78 is 46.5. The number of carbonyl (C=O) groups is 2. The van der Waals surface area contributed by atoms with Crippen molar-refractivity contribution in [1.29, 1.82) is 5.26 Å². The lowest BCUT2D eigenvalue weighted by Gasteiger charge is -2.48. The summed E-state index contributed by atoms with van der Waals surface area (Å²) in [7, 11) is 1.34. The minimum Gasteiger partial charge on any atom is -0.453 e. The topological polar surface area (TPSA) is 135 Å². The van der Waals surface area contributed by atoms with E-state index in [2.05, 4.69) is 26.5 Å². The molecule has 3 aliphatic rings. The number of benzene rings is 3. The highest BCUT2D eigenvalue weighted by Gasteiger charge is 2.52. The second-order valence-corrected chi connectivity index (χ2v) is 17.2. The molecule has 0 bridgehead atoms. The Morgan fingerprint density at radius 3 is 2.40 bits per heavy atom. The molecule has 2 N–H and O–H groups in total. The van der Waals surface area contributed by atoms with Crippen molar-refractivity contribution < 1.29 is 27.1 Å². The quantitative estimate of drug-likeness (QED) is 0.206. The monoisotopic (exact) mass is 770 g/mol. The molecule has 1 saturated carbocycles. The third-order valence-corrected chi connectivity index (χ3v) is 13.2. The Morgan fingerprint density at radius 1 is 1.00 bits per heavy atom. The highest BCUT2D eigenvalue weighted by molar-refractivity contribution is 7.91. The first kappa shape index (κ1) is 39.9. The van der Waals surface area contributed by atoms with E-state index in [1.54, 1.807) is 36.4 Å². The van der Waals surface area contributed by atoms with Crippen molar-refractivity contribution in [2.75, 3.05) is 70.7 Å². The van der Waals surface area contributed by atoms with Crippen molar-refractivity contribution >= 4 is 33.2 Å². The summed E-state index contributed by atoms with van der Waals surface area (Å²) >= 11 is 0. The van der Waals surface area contributed by atoms with Crippen molar-refractivity contribution in [2.45, 2.75) is 53.4 Å². The van der Waals surface area contributed by atoms with Gasteiger partial charge < -0.3 is 30.1 Å². The number of hydrogen-bond acceptors (Lipinski definition) is 9. The Kier molecular flexibility index (Phi) is 12.6. The van der Waals surface area contributed by atoms with Gasteiger partial charge in [0, 0.05) is 61.5 Å². The van der Waals surface area contributed by atoms with Gasteiger partial charge in [0.15, 0.2) is 0 Å². The molecule has 2 heterocycles. The zero-order valence-corrected chi connectivity index (χ0v) is 32.6. The lowest BCUT2D eigenvalue weighted by atomic mass is 9.59. The molecule has 2 amide bonds. The molecule has 292 valence electrons. The highest BCUT2D eigenvalue weighted by Crippen LogP contribution is 2.50. The molecule has 6 rings (SSSR count). The Hall–Kier alpha value is -4.77. The van der Waals surface area contributed by atoms with Crippen molar-refractivity contribution in [3.05, 3.63) is 96.3 Å². The predicted octanol–water partition coefficient (Wildman–Crippen LogP) is 5.85. The molecule has 0 spiro atoms. The molecule has 11 nitrogen and oxygen atoms in total. The number of sulfone groups is 1. The van der Waals surface area contributed by atoms with E-state index >= 15 is 0 Å². The van der Waals surface area contributed by atoms with E-state index in [9.17, 15) is 27.7 Å². The van der Waals surface area contributed by atoms with Gasteiger partial charge in [-0.25, -0.2) is 17.6 Å². The molecule has 55 heavy (non-hydrogen) atoms. The van der Waals surface area contributed by atoms with Gasteiger partial charge in [-0.05, 0) is 119 Å². The van der Waals surface area contributed by atoms with Crippen LogP contribution >= 0.6 is 0 Å². The van der Waals surface area contributed by atoms with Crippen LogP contribution in [0.4, 0.5) is 20.6 Å². The first-order valence-corrected chi connectivity index (χ1v) is 20.5. The Morgan fingerprint density at radius 2 is 1.73 bits per heavy atom. The number of methoxy groups -OCH3 is 1. The van der Waals surface area contributed by atoms with Crippen LogP contribution in [0.1, 0.15) is 37.7 Å². The van der Waals surface area contributed by atoms with Gasteiger partial charge >= 0.3 is 6.09 Å². The molecule has 2 aliphatic heterocycles. The largest absolute Gasteiger partial charge is 0.453 e.